The largest absolute Gasteiger partial charge is 0.310 e. The first-order valence-corrected chi connectivity index (χ1v) is 8.05. The van der Waals surface area contributed by atoms with E-state index in [4.69, 9.17) is 0 Å². The summed E-state index contributed by atoms with van der Waals surface area (Å²) >= 11 is 3.33. The van der Waals surface area contributed by atoms with Gasteiger partial charge in [0.25, 0.3) is 0 Å². The third-order valence-corrected chi connectivity index (χ3v) is 5.03. The Morgan fingerprint density at radius 3 is 3.05 bits per heavy atom. The highest BCUT2D eigenvalue weighted by Crippen LogP contribution is 2.27. The summed E-state index contributed by atoms with van der Waals surface area (Å²) in [6.07, 6.45) is 1.93. The van der Waals surface area contributed by atoms with Crippen molar-refractivity contribution in [1.82, 2.24) is 10.3 Å². The van der Waals surface area contributed by atoms with Crippen molar-refractivity contribution in [2.45, 2.75) is 30.5 Å². The highest BCUT2D eigenvalue weighted by Gasteiger charge is 2.09. The molecule has 0 saturated heterocycles. The van der Waals surface area contributed by atoms with Crippen LogP contribution in [0.4, 0.5) is 4.39 Å². The predicted molar refractivity (Wildman–Crippen MR) is 80.2 cm³/mol. The van der Waals surface area contributed by atoms with Crippen LogP contribution in [-0.4, -0.2) is 11.5 Å². The van der Waals surface area contributed by atoms with Gasteiger partial charge in [-0.1, -0.05) is 13.0 Å². The lowest BCUT2D eigenvalue weighted by atomic mass is 10.3. The molecule has 2 nitrogen and oxygen atoms in total. The topological polar surface area (TPSA) is 24.9 Å². The van der Waals surface area contributed by atoms with Crippen molar-refractivity contribution in [2.75, 3.05) is 6.54 Å². The van der Waals surface area contributed by atoms with Crippen LogP contribution in [0.25, 0.3) is 0 Å². The number of thioether (sulfide) groups is 1. The van der Waals surface area contributed by atoms with E-state index in [9.17, 15) is 4.39 Å². The Hall–Kier alpha value is -0.910. The number of halogens is 1. The molecular weight excluding hydrogens is 279 g/mol. The van der Waals surface area contributed by atoms with Crippen molar-refractivity contribution in [2.24, 2.45) is 0 Å². The van der Waals surface area contributed by atoms with Crippen LogP contribution >= 0.6 is 23.1 Å². The van der Waals surface area contributed by atoms with Crippen molar-refractivity contribution in [3.8, 4) is 0 Å². The van der Waals surface area contributed by atoms with E-state index in [1.807, 2.05) is 12.3 Å². The fourth-order valence-electron chi connectivity index (χ4n) is 1.70. The van der Waals surface area contributed by atoms with Crippen LogP contribution in [0.15, 0.2) is 35.4 Å². The monoisotopic (exact) mass is 296 g/mol. The second-order valence-corrected chi connectivity index (χ2v) is 6.38. The van der Waals surface area contributed by atoms with E-state index in [1.54, 1.807) is 35.2 Å². The molecule has 2 aromatic rings. The summed E-state index contributed by atoms with van der Waals surface area (Å²) in [5.74, 6) is 0.595. The predicted octanol–water partition coefficient (Wildman–Crippen LogP) is 4.25. The molecule has 0 aliphatic heterocycles. The number of nitrogens with one attached hydrogen (secondary N) is 1. The first kappa shape index (κ1) is 14.5. The van der Waals surface area contributed by atoms with Gasteiger partial charge < -0.3 is 5.32 Å². The molecule has 1 aromatic heterocycles. The number of hydrogen-bond donors (Lipinski definition) is 1. The molecule has 2 rings (SSSR count). The molecule has 5 heteroatoms. The Morgan fingerprint density at radius 2 is 2.32 bits per heavy atom. The van der Waals surface area contributed by atoms with Crippen molar-refractivity contribution in [3.05, 3.63) is 46.2 Å². The molecule has 0 spiro atoms. The van der Waals surface area contributed by atoms with Crippen LogP contribution < -0.4 is 5.32 Å². The van der Waals surface area contributed by atoms with Gasteiger partial charge in [-0.05, 0) is 31.7 Å². The van der Waals surface area contributed by atoms with Crippen molar-refractivity contribution in [3.63, 3.8) is 0 Å². The summed E-state index contributed by atoms with van der Waals surface area (Å²) in [5, 5.41) is 4.45. The highest BCUT2D eigenvalue weighted by atomic mass is 32.2. The highest BCUT2D eigenvalue weighted by molar-refractivity contribution is 7.98. The average molecular weight is 296 g/mol. The molecule has 1 N–H and O–H groups in total. The van der Waals surface area contributed by atoms with Gasteiger partial charge in [-0.2, -0.15) is 0 Å². The average Bonchev–Trinajstić information content (AvgIpc) is 2.86. The van der Waals surface area contributed by atoms with Gasteiger partial charge in [0.15, 0.2) is 0 Å². The zero-order valence-electron chi connectivity index (χ0n) is 11.0. The molecule has 1 heterocycles. The van der Waals surface area contributed by atoms with E-state index >= 15 is 0 Å². The quantitative estimate of drug-likeness (QED) is 0.807. The molecular formula is C14H17FN2S2. The molecule has 1 aromatic carbocycles. The van der Waals surface area contributed by atoms with Crippen LogP contribution in [0.5, 0.6) is 0 Å². The number of aromatic nitrogens is 1. The summed E-state index contributed by atoms with van der Waals surface area (Å²) in [5.41, 5.74) is 0. The smallest absolute Gasteiger partial charge is 0.124 e. The Labute approximate surface area is 121 Å². The summed E-state index contributed by atoms with van der Waals surface area (Å²) in [6.45, 7) is 5.19. The van der Waals surface area contributed by atoms with Gasteiger partial charge >= 0.3 is 0 Å². The summed E-state index contributed by atoms with van der Waals surface area (Å²) in [6, 6.07) is 7.02. The van der Waals surface area contributed by atoms with Crippen LogP contribution in [-0.2, 0) is 5.75 Å². The standard InChI is InChI=1S/C14H17FN2S2/c1-3-16-10(2)13-8-17-14(19-13)9-18-12-6-4-5-11(15)7-12/h4-8,10,16H,3,9H2,1-2H3. The molecule has 1 atom stereocenters. The minimum Gasteiger partial charge on any atom is -0.310 e. The zero-order valence-corrected chi connectivity index (χ0v) is 12.7. The van der Waals surface area contributed by atoms with Gasteiger partial charge in [0.05, 0.1) is 5.75 Å². The van der Waals surface area contributed by atoms with Gasteiger partial charge in [0.2, 0.25) is 0 Å². The second-order valence-electron chi connectivity index (χ2n) is 4.18. The third-order valence-electron chi connectivity index (χ3n) is 2.67. The van der Waals surface area contributed by atoms with E-state index in [2.05, 4.69) is 24.1 Å². The van der Waals surface area contributed by atoms with Gasteiger partial charge in [-0.25, -0.2) is 9.37 Å². The van der Waals surface area contributed by atoms with Crippen molar-refractivity contribution >= 4 is 23.1 Å². The van der Waals surface area contributed by atoms with Crippen LogP contribution in [0.2, 0.25) is 0 Å². The fourth-order valence-corrected chi connectivity index (χ4v) is 3.59. The number of benzene rings is 1. The Morgan fingerprint density at radius 1 is 1.47 bits per heavy atom. The number of thiazole rings is 1. The first-order valence-electron chi connectivity index (χ1n) is 6.25. The summed E-state index contributed by atoms with van der Waals surface area (Å²) in [7, 11) is 0. The molecule has 0 aliphatic carbocycles. The maximum Gasteiger partial charge on any atom is 0.124 e. The molecule has 19 heavy (non-hydrogen) atoms. The first-order chi connectivity index (χ1) is 9.19. The lowest BCUT2D eigenvalue weighted by Crippen LogP contribution is -2.16. The van der Waals surface area contributed by atoms with E-state index in [-0.39, 0.29) is 5.82 Å². The van der Waals surface area contributed by atoms with Gasteiger partial charge in [0, 0.05) is 22.0 Å². The molecule has 0 saturated carbocycles. The molecule has 0 bridgehead atoms. The lowest BCUT2D eigenvalue weighted by Gasteiger charge is -2.08. The molecule has 0 aliphatic rings. The van der Waals surface area contributed by atoms with Gasteiger partial charge in [-0.3, -0.25) is 0 Å². The van der Waals surface area contributed by atoms with Crippen LogP contribution in [0, 0.1) is 5.82 Å². The lowest BCUT2D eigenvalue weighted by molar-refractivity contribution is 0.606. The Kier molecular flexibility index (Phi) is 5.36. The molecule has 1 unspecified atom stereocenters. The minimum absolute atomic E-state index is 0.189. The third kappa shape index (κ3) is 4.30. The van der Waals surface area contributed by atoms with E-state index in [1.165, 1.54) is 10.9 Å². The fraction of sp³-hybridized carbons (Fsp3) is 0.357. The van der Waals surface area contributed by atoms with Crippen molar-refractivity contribution in [1.29, 1.82) is 0 Å². The number of hydrogen-bond acceptors (Lipinski definition) is 4. The molecule has 0 radical (unpaired) electrons. The summed E-state index contributed by atoms with van der Waals surface area (Å²) in [4.78, 5) is 6.61. The minimum atomic E-state index is -0.189. The zero-order chi connectivity index (χ0) is 13.7. The number of rotatable bonds is 6. The Bertz CT molecular complexity index is 528. The van der Waals surface area contributed by atoms with Crippen LogP contribution in [0.3, 0.4) is 0 Å². The molecule has 0 fully saturated rings. The number of nitrogens with zero attached hydrogens (tertiary/aromatic N) is 1. The maximum absolute atomic E-state index is 13.1. The summed E-state index contributed by atoms with van der Waals surface area (Å²) < 4.78 is 13.1. The van der Waals surface area contributed by atoms with E-state index in [0.29, 0.717) is 6.04 Å². The Balaban J connectivity index is 1.93. The second kappa shape index (κ2) is 7.03. The van der Waals surface area contributed by atoms with E-state index < -0.39 is 0 Å². The molecule has 0 amide bonds. The van der Waals surface area contributed by atoms with Gasteiger partial charge in [-0.15, -0.1) is 23.1 Å². The normalized spacial score (nSPS) is 12.6. The van der Waals surface area contributed by atoms with Crippen molar-refractivity contribution < 1.29 is 4.39 Å². The van der Waals surface area contributed by atoms with E-state index in [0.717, 1.165) is 22.2 Å². The van der Waals surface area contributed by atoms with Crippen LogP contribution in [0.1, 0.15) is 29.8 Å². The maximum atomic E-state index is 13.1. The van der Waals surface area contributed by atoms with Gasteiger partial charge in [0.1, 0.15) is 10.8 Å². The SMILES string of the molecule is CCNC(C)c1cnc(CSc2cccc(F)c2)s1. The molecule has 102 valence electrons.